The molecule has 2 aliphatic heterocycles. The third kappa shape index (κ3) is 5.01. The predicted molar refractivity (Wildman–Crippen MR) is 124 cm³/mol. The second-order valence-electron chi connectivity index (χ2n) is 10.00. The molecule has 1 aromatic heterocycles. The first kappa shape index (κ1) is 24.0. The van der Waals surface area contributed by atoms with Crippen LogP contribution in [0.4, 0.5) is 0 Å². The summed E-state index contributed by atoms with van der Waals surface area (Å²) in [5, 5.41) is 23.5. The van der Waals surface area contributed by atoms with E-state index in [9.17, 15) is 19.8 Å². The number of rotatable bonds is 7. The van der Waals surface area contributed by atoms with Gasteiger partial charge in [0.25, 0.3) is 0 Å². The number of pyridine rings is 1. The van der Waals surface area contributed by atoms with Crippen LogP contribution < -0.4 is 5.32 Å². The van der Waals surface area contributed by atoms with Gasteiger partial charge in [-0.2, -0.15) is 0 Å². The van der Waals surface area contributed by atoms with E-state index in [1.807, 2.05) is 4.90 Å². The maximum absolute atomic E-state index is 13.6. The number of aliphatic hydroxyl groups is 1. The van der Waals surface area contributed by atoms with E-state index >= 15 is 0 Å². The SMILES string of the molecule is CCCCN1C(=O)[C@@H]([C@H](O)C2CCCCC2)NC(=O)C12CCN(Cc1ccc(O)cn1)CC2. The molecule has 2 atom stereocenters. The molecule has 1 aromatic rings. The van der Waals surface area contributed by atoms with Crippen LogP contribution in [0, 0.1) is 5.92 Å². The summed E-state index contributed by atoms with van der Waals surface area (Å²) in [7, 11) is 0. The Balaban J connectivity index is 1.47. The highest BCUT2D eigenvalue weighted by Crippen LogP contribution is 2.36. The van der Waals surface area contributed by atoms with Gasteiger partial charge in [-0.25, -0.2) is 0 Å². The number of amides is 2. The number of nitrogens with one attached hydrogen (secondary N) is 1. The summed E-state index contributed by atoms with van der Waals surface area (Å²) in [5.41, 5.74) is 0.0277. The molecule has 3 fully saturated rings. The third-order valence-corrected chi connectivity index (χ3v) is 7.85. The zero-order valence-corrected chi connectivity index (χ0v) is 19.7. The lowest BCUT2D eigenvalue weighted by Gasteiger charge is -2.52. The quantitative estimate of drug-likeness (QED) is 0.578. The van der Waals surface area contributed by atoms with Gasteiger partial charge < -0.3 is 20.4 Å². The Hall–Kier alpha value is -2.19. The molecule has 3 N–H and O–H groups in total. The van der Waals surface area contributed by atoms with Gasteiger partial charge in [-0.05, 0) is 50.2 Å². The van der Waals surface area contributed by atoms with Gasteiger partial charge >= 0.3 is 0 Å². The van der Waals surface area contributed by atoms with Crippen molar-refractivity contribution in [3.05, 3.63) is 24.0 Å². The molecule has 2 saturated heterocycles. The fourth-order valence-corrected chi connectivity index (χ4v) is 5.78. The minimum Gasteiger partial charge on any atom is -0.506 e. The number of carbonyl (C=O) groups is 2. The molecular weight excluding hydrogens is 420 g/mol. The van der Waals surface area contributed by atoms with E-state index in [2.05, 4.69) is 22.1 Å². The van der Waals surface area contributed by atoms with Gasteiger partial charge in [0.15, 0.2) is 0 Å². The monoisotopic (exact) mass is 458 g/mol. The molecule has 182 valence electrons. The van der Waals surface area contributed by atoms with Crippen LogP contribution in [-0.4, -0.2) is 74.1 Å². The highest BCUT2D eigenvalue weighted by atomic mass is 16.3. The molecule has 0 unspecified atom stereocenters. The van der Waals surface area contributed by atoms with Crippen molar-refractivity contribution < 1.29 is 19.8 Å². The first-order valence-electron chi connectivity index (χ1n) is 12.6. The maximum atomic E-state index is 13.6. The van der Waals surface area contributed by atoms with Crippen LogP contribution in [0.3, 0.4) is 0 Å². The molecular formula is C25H38N4O4. The van der Waals surface area contributed by atoms with Gasteiger partial charge in [-0.15, -0.1) is 0 Å². The Morgan fingerprint density at radius 2 is 1.91 bits per heavy atom. The van der Waals surface area contributed by atoms with Crippen molar-refractivity contribution in [2.75, 3.05) is 19.6 Å². The smallest absolute Gasteiger partial charge is 0.248 e. The number of likely N-dealkylation sites (tertiary alicyclic amines) is 1. The average molecular weight is 459 g/mol. The van der Waals surface area contributed by atoms with E-state index < -0.39 is 17.7 Å². The lowest BCUT2D eigenvalue weighted by Crippen LogP contribution is -2.75. The van der Waals surface area contributed by atoms with Gasteiger partial charge in [-0.3, -0.25) is 19.5 Å². The fourth-order valence-electron chi connectivity index (χ4n) is 5.78. The largest absolute Gasteiger partial charge is 0.506 e. The highest BCUT2D eigenvalue weighted by molar-refractivity contribution is 6.00. The van der Waals surface area contributed by atoms with Crippen molar-refractivity contribution in [1.82, 2.24) is 20.1 Å². The molecule has 33 heavy (non-hydrogen) atoms. The normalized spacial score (nSPS) is 25.3. The Labute approximate surface area is 196 Å². The molecule has 1 aliphatic carbocycles. The highest BCUT2D eigenvalue weighted by Gasteiger charge is 2.55. The van der Waals surface area contributed by atoms with Crippen LogP contribution in [0.1, 0.15) is 70.4 Å². The second kappa shape index (κ2) is 10.4. The van der Waals surface area contributed by atoms with Crippen molar-refractivity contribution in [2.45, 2.75) is 88.9 Å². The standard InChI is InChI=1S/C25H38N4O4/c1-2-3-13-29-23(32)21(22(31)18-7-5-4-6-8-18)27-24(33)25(29)11-14-28(15-12-25)17-19-9-10-20(30)16-26-19/h9-10,16,18,21-22,30-31H,2-8,11-15,17H2,1H3,(H,27,33)/t21-,22-/m1/s1. The molecule has 8 heteroatoms. The van der Waals surface area contributed by atoms with E-state index in [0.29, 0.717) is 39.0 Å². The zero-order valence-electron chi connectivity index (χ0n) is 19.7. The molecule has 1 saturated carbocycles. The topological polar surface area (TPSA) is 106 Å². The molecule has 4 rings (SSSR count). The number of aromatic nitrogens is 1. The summed E-state index contributed by atoms with van der Waals surface area (Å²) in [4.78, 5) is 35.5. The molecule has 0 aromatic carbocycles. The van der Waals surface area contributed by atoms with E-state index in [4.69, 9.17) is 0 Å². The summed E-state index contributed by atoms with van der Waals surface area (Å²) in [6.45, 7) is 4.65. The number of aliphatic hydroxyl groups excluding tert-OH is 1. The van der Waals surface area contributed by atoms with Crippen LogP contribution in [0.2, 0.25) is 0 Å². The van der Waals surface area contributed by atoms with Crippen molar-refractivity contribution in [1.29, 1.82) is 0 Å². The van der Waals surface area contributed by atoms with Gasteiger partial charge in [0, 0.05) is 26.2 Å². The van der Waals surface area contributed by atoms with Crippen molar-refractivity contribution in [3.8, 4) is 5.75 Å². The number of carbonyl (C=O) groups excluding carboxylic acids is 2. The summed E-state index contributed by atoms with van der Waals surface area (Å²) < 4.78 is 0. The van der Waals surface area contributed by atoms with Crippen LogP contribution in [0.25, 0.3) is 0 Å². The van der Waals surface area contributed by atoms with Gasteiger partial charge in [0.1, 0.15) is 17.3 Å². The number of unbranched alkanes of at least 4 members (excludes halogenated alkanes) is 1. The summed E-state index contributed by atoms with van der Waals surface area (Å²) in [6.07, 6.45) is 8.71. The second-order valence-corrected chi connectivity index (χ2v) is 10.00. The van der Waals surface area contributed by atoms with Crippen LogP contribution >= 0.6 is 0 Å². The van der Waals surface area contributed by atoms with Crippen molar-refractivity contribution in [2.24, 2.45) is 5.92 Å². The van der Waals surface area contributed by atoms with Crippen molar-refractivity contribution in [3.63, 3.8) is 0 Å². The third-order valence-electron chi connectivity index (χ3n) is 7.85. The Bertz CT molecular complexity index is 816. The number of piperazine rings is 1. The number of piperidine rings is 1. The average Bonchev–Trinajstić information content (AvgIpc) is 2.84. The zero-order chi connectivity index (χ0) is 23.4. The van der Waals surface area contributed by atoms with E-state index in [-0.39, 0.29) is 23.5 Å². The van der Waals surface area contributed by atoms with E-state index in [0.717, 1.165) is 44.2 Å². The minimum absolute atomic E-state index is 0.0785. The minimum atomic E-state index is -0.839. The maximum Gasteiger partial charge on any atom is 0.248 e. The molecule has 3 heterocycles. The molecule has 0 bridgehead atoms. The summed E-state index contributed by atoms with van der Waals surface area (Å²) in [6, 6.07) is 2.61. The fraction of sp³-hybridized carbons (Fsp3) is 0.720. The van der Waals surface area contributed by atoms with Crippen LogP contribution in [0.15, 0.2) is 18.3 Å². The number of nitrogens with zero attached hydrogens (tertiary/aromatic N) is 3. The predicted octanol–water partition coefficient (Wildman–Crippen LogP) is 2.19. The first-order valence-corrected chi connectivity index (χ1v) is 12.6. The van der Waals surface area contributed by atoms with Crippen molar-refractivity contribution >= 4 is 11.8 Å². The Morgan fingerprint density at radius 3 is 2.55 bits per heavy atom. The molecule has 0 radical (unpaired) electrons. The molecule has 1 spiro atoms. The van der Waals surface area contributed by atoms with Gasteiger partial charge in [0.05, 0.1) is 18.0 Å². The molecule has 3 aliphatic rings. The summed E-state index contributed by atoms with van der Waals surface area (Å²) >= 11 is 0. The lowest BCUT2D eigenvalue weighted by atomic mass is 9.78. The number of hydrogen-bond acceptors (Lipinski definition) is 6. The summed E-state index contributed by atoms with van der Waals surface area (Å²) in [5.74, 6) is -0.00440. The van der Waals surface area contributed by atoms with Gasteiger partial charge in [-0.1, -0.05) is 32.6 Å². The number of aromatic hydroxyl groups is 1. The molecule has 8 nitrogen and oxygen atoms in total. The first-order chi connectivity index (χ1) is 15.9. The Morgan fingerprint density at radius 1 is 1.18 bits per heavy atom. The number of hydrogen-bond donors (Lipinski definition) is 3. The lowest BCUT2D eigenvalue weighted by molar-refractivity contribution is -0.166. The van der Waals surface area contributed by atoms with Crippen LogP contribution in [-0.2, 0) is 16.1 Å². The molecule has 2 amide bonds. The van der Waals surface area contributed by atoms with E-state index in [1.54, 1.807) is 12.1 Å². The van der Waals surface area contributed by atoms with E-state index in [1.165, 1.54) is 12.6 Å². The van der Waals surface area contributed by atoms with Crippen LogP contribution in [0.5, 0.6) is 5.75 Å². The van der Waals surface area contributed by atoms with Gasteiger partial charge in [0.2, 0.25) is 11.8 Å². The Kier molecular flexibility index (Phi) is 7.54.